The van der Waals surface area contributed by atoms with Crippen molar-refractivity contribution in [1.29, 1.82) is 0 Å². The van der Waals surface area contributed by atoms with Crippen molar-refractivity contribution >= 4 is 106 Å². The van der Waals surface area contributed by atoms with Crippen LogP contribution in [-0.2, 0) is 65.5 Å². The molecule has 28 nitrogen and oxygen atoms in total. The molecule has 0 atom stereocenters. The molecule has 6 N–H and O–H groups in total. The quantitative estimate of drug-likeness (QED) is 0.00600. The molecule has 0 spiro atoms. The maximum Gasteiger partial charge on any atom is 0.697 e. The minimum Gasteiger partial charge on any atom is -0.425 e. The number of carbonyl (C=O) groups excluding carboxylic acids is 8. The molecule has 4 rings (SSSR count). The van der Waals surface area contributed by atoms with Gasteiger partial charge < -0.3 is 68.7 Å². The number of nitrogens with one attached hydrogen (secondary N) is 6. The van der Waals surface area contributed by atoms with Crippen LogP contribution in [0.4, 0.5) is 52.7 Å². The molecule has 0 aliphatic heterocycles. The molecule has 2 heterocycles. The van der Waals surface area contributed by atoms with Crippen LogP contribution in [-0.4, -0.2) is 165 Å². The Balaban J connectivity index is 0.000000615. The number of ether oxygens (including phenoxy) is 4. The lowest BCUT2D eigenvalue weighted by Crippen LogP contribution is -2.37. The van der Waals surface area contributed by atoms with Crippen LogP contribution in [0.2, 0.25) is 0 Å². The number of methoxy groups -OCH3 is 2. The molecule has 614 valence electrons. The largest absolute Gasteiger partial charge is 0.697 e. The Labute approximate surface area is 626 Å². The molecule has 109 heavy (non-hydrogen) atoms. The average molecular weight is 1690 g/mol. The standard InChI is InChI=1S/C33H44F6N3O11P.C21H26BrNO6.C12H17F6N2O5P/c1-31(2,3)30(47)53-24-20-23-21(18-22(27(44)52-23)26(43)40-12-6-5-9-15-49-4)19-25(24)54(48,50-16-10-7-13-41-28(45)32(34,35)36)51-17-11-8-14-42-29(46)33(37,38)39;1-21(2,3)20(26)29-17-12-16-13(11-15(17)22)10-14(19(25)28-16)18(24)23-8-6-5-7-9-27-4;13-11(14,15)9(21)19-5-1-3-7-24-26(23)25-8-4-2-6-20-10(22)12(16,17)18/h18-20H,5-17H2,1-4H3,(H,40,43)(H,41,45)(H,42,46);10-12H,5-9H2,1-4H3,(H,23,24);1-8H2,(H-,19,20,21,22)/p+1. The lowest BCUT2D eigenvalue weighted by Gasteiger charge is -2.23. The van der Waals surface area contributed by atoms with Crippen molar-refractivity contribution in [3.8, 4) is 11.5 Å². The van der Waals surface area contributed by atoms with Crippen molar-refractivity contribution in [1.82, 2.24) is 31.9 Å². The molecule has 0 bridgehead atoms. The van der Waals surface area contributed by atoms with Crippen molar-refractivity contribution in [2.45, 2.75) is 156 Å². The van der Waals surface area contributed by atoms with E-state index in [0.717, 1.165) is 50.3 Å². The van der Waals surface area contributed by atoms with Crippen LogP contribution >= 0.6 is 31.8 Å². The number of alkyl halides is 12. The summed E-state index contributed by atoms with van der Waals surface area (Å²) < 4.78 is 225. The highest BCUT2D eigenvalue weighted by molar-refractivity contribution is 9.10. The highest BCUT2D eigenvalue weighted by atomic mass is 79.9. The van der Waals surface area contributed by atoms with Crippen LogP contribution in [0, 0.1) is 10.8 Å². The predicted octanol–water partition coefficient (Wildman–Crippen LogP) is 11.7. The maximum atomic E-state index is 14.5. The Morgan fingerprint density at radius 3 is 1.06 bits per heavy atom. The maximum absolute atomic E-state index is 14.5. The zero-order chi connectivity index (χ0) is 82.6. The number of esters is 2. The van der Waals surface area contributed by atoms with Crippen molar-refractivity contribution in [3.63, 3.8) is 0 Å². The number of amides is 6. The highest BCUT2D eigenvalue weighted by Gasteiger charge is 2.42. The van der Waals surface area contributed by atoms with Crippen LogP contribution in [0.15, 0.2) is 59.3 Å². The fourth-order valence-electron chi connectivity index (χ4n) is 8.12. The summed E-state index contributed by atoms with van der Waals surface area (Å²) in [5.41, 5.74) is -4.03. The van der Waals surface area contributed by atoms with Gasteiger partial charge in [0.15, 0.2) is 0 Å². The van der Waals surface area contributed by atoms with Gasteiger partial charge in [-0.1, -0.05) is 0 Å². The smallest absolute Gasteiger partial charge is 0.425 e. The SMILES string of the molecule is COCCCCCNC(=O)c1cc2cc(Br)c(OC(=O)C(C)(C)C)cc2oc1=O.COCCCCCNC(=O)c1cc2cc(P(=O)(OCCCCNC(=O)C(F)(F)F)OCCCCNC(=O)C(F)(F)F)c(OC(=O)C(C)(C)C)cc2oc1=O.O=C(NCCCCO[P+](=O)OCCCCNC(=O)C(F)(F)F)C(F)(F)F. The Hall–Kier alpha value is -7.65. The van der Waals surface area contributed by atoms with Gasteiger partial charge in [0.25, 0.3) is 11.8 Å². The molecular weight excluding hydrogens is 1600 g/mol. The van der Waals surface area contributed by atoms with Crippen molar-refractivity contribution in [2.75, 3.05) is 93.1 Å². The van der Waals surface area contributed by atoms with E-state index in [-0.39, 0.29) is 117 Å². The molecule has 0 aliphatic carbocycles. The summed E-state index contributed by atoms with van der Waals surface area (Å²) in [7, 11) is -3.90. The van der Waals surface area contributed by atoms with E-state index < -0.39 is 148 Å². The second-order valence-corrected chi connectivity index (χ2v) is 29.2. The number of carbonyl (C=O) groups is 8. The number of benzene rings is 2. The Kier molecular flexibility index (Phi) is 41.9. The van der Waals surface area contributed by atoms with Gasteiger partial charge in [-0.25, -0.2) is 9.59 Å². The first-order valence-corrected chi connectivity index (χ1v) is 37.0. The van der Waals surface area contributed by atoms with E-state index in [2.05, 4.69) is 26.6 Å². The van der Waals surface area contributed by atoms with E-state index in [1.165, 1.54) is 32.9 Å². The second kappa shape index (κ2) is 46.9. The van der Waals surface area contributed by atoms with Gasteiger partial charge in [0.2, 0.25) is 0 Å². The minimum absolute atomic E-state index is 0.0163. The summed E-state index contributed by atoms with van der Waals surface area (Å²) in [6.07, 6.45) is -14.9. The number of unbranched alkanes of at least 4 members (excludes halogenated alkanes) is 8. The topological polar surface area (TPSA) is 377 Å². The number of halogens is 13. The normalized spacial score (nSPS) is 12.0. The Morgan fingerprint density at radius 2 is 0.725 bits per heavy atom. The molecule has 2 aromatic heterocycles. The van der Waals surface area contributed by atoms with E-state index >= 15 is 0 Å². The first kappa shape index (κ1) is 97.4. The van der Waals surface area contributed by atoms with E-state index in [0.29, 0.717) is 36.0 Å². The second-order valence-electron chi connectivity index (χ2n) is 25.4. The van der Waals surface area contributed by atoms with Gasteiger partial charge in [-0.3, -0.25) is 42.9 Å². The van der Waals surface area contributed by atoms with Crippen LogP contribution in [0.1, 0.15) is 152 Å². The van der Waals surface area contributed by atoms with Crippen LogP contribution in [0.3, 0.4) is 0 Å². The van der Waals surface area contributed by atoms with Crippen LogP contribution < -0.4 is 57.9 Å². The van der Waals surface area contributed by atoms with Crippen LogP contribution in [0.25, 0.3) is 21.9 Å². The summed E-state index contributed by atoms with van der Waals surface area (Å²) in [5.74, 6) is -11.1. The third-order valence-electron chi connectivity index (χ3n) is 14.0. The van der Waals surface area contributed by atoms with Gasteiger partial charge in [0.05, 0.1) is 28.5 Å². The van der Waals surface area contributed by atoms with Gasteiger partial charge in [-0.15, -0.1) is 9.05 Å². The van der Waals surface area contributed by atoms with E-state index in [1.807, 2.05) is 0 Å². The summed E-state index contributed by atoms with van der Waals surface area (Å²) in [4.78, 5) is 119. The monoisotopic (exact) mass is 1690 g/mol. The average Bonchev–Trinajstić information content (AvgIpc) is 0.770. The lowest BCUT2D eigenvalue weighted by molar-refractivity contribution is -0.173. The Bertz CT molecular complexity index is 3760. The molecule has 0 aliphatic rings. The fraction of sp³-hybridized carbons (Fsp3) is 0.606. The lowest BCUT2D eigenvalue weighted by atomic mass is 9.97. The number of hydrogen-bond donors (Lipinski definition) is 6. The van der Waals surface area contributed by atoms with Gasteiger partial charge in [-0.05, 0) is 172 Å². The number of rotatable bonds is 41. The first-order chi connectivity index (χ1) is 50.7. The van der Waals surface area contributed by atoms with Gasteiger partial charge in [-0.2, -0.15) is 52.7 Å². The third kappa shape index (κ3) is 37.8. The molecule has 0 unspecified atom stereocenters. The molecular formula is C66H88BrF12N6O22P2+. The first-order valence-electron chi connectivity index (χ1n) is 33.6. The zero-order valence-corrected chi connectivity index (χ0v) is 64.0. The van der Waals surface area contributed by atoms with Crippen molar-refractivity contribution in [2.24, 2.45) is 10.8 Å². The molecule has 43 heteroatoms. The summed E-state index contributed by atoms with van der Waals surface area (Å²) in [6.45, 7) is 9.39. The number of hydrogen-bond acceptors (Lipinski definition) is 22. The van der Waals surface area contributed by atoms with Crippen molar-refractivity contribution in [3.05, 3.63) is 72.8 Å². The fourth-order valence-corrected chi connectivity index (χ4v) is 11.0. The summed E-state index contributed by atoms with van der Waals surface area (Å²) in [6, 6.07) is 7.93. The molecule has 2 aromatic carbocycles. The molecule has 6 amide bonds. The summed E-state index contributed by atoms with van der Waals surface area (Å²) in [5, 5.41) is 12.2. The van der Waals surface area contributed by atoms with E-state index in [9.17, 15) is 110 Å². The predicted molar refractivity (Wildman–Crippen MR) is 371 cm³/mol. The molecule has 4 aromatic rings. The highest BCUT2D eigenvalue weighted by Crippen LogP contribution is 2.51. The van der Waals surface area contributed by atoms with Gasteiger partial charge in [0, 0.05) is 94.2 Å². The minimum atomic E-state index is -5.10. The van der Waals surface area contributed by atoms with E-state index in [4.69, 9.17) is 45.9 Å². The zero-order valence-electron chi connectivity index (χ0n) is 60.6. The van der Waals surface area contributed by atoms with E-state index in [1.54, 1.807) is 62.3 Å². The van der Waals surface area contributed by atoms with Crippen LogP contribution in [0.5, 0.6) is 11.5 Å². The molecule has 0 radical (unpaired) electrons. The van der Waals surface area contributed by atoms with Gasteiger partial charge in [0.1, 0.15) is 52.3 Å². The third-order valence-corrected chi connectivity index (χ3v) is 17.4. The van der Waals surface area contributed by atoms with Crippen molar-refractivity contribution < 1.29 is 146 Å². The molecule has 0 saturated carbocycles. The Morgan fingerprint density at radius 1 is 0.422 bits per heavy atom. The molecule has 0 fully saturated rings. The van der Waals surface area contributed by atoms with Gasteiger partial charge >= 0.3 is 87.4 Å². The summed E-state index contributed by atoms with van der Waals surface area (Å²) >= 11 is 3.36. The molecule has 0 saturated heterocycles. The number of fused-ring (bicyclic) bond motifs is 2.